The topological polar surface area (TPSA) is 33.1 Å². The molecule has 1 aliphatic rings. The lowest BCUT2D eigenvalue weighted by atomic mass is 9.79. The van der Waals surface area contributed by atoms with Crippen molar-refractivity contribution < 1.29 is 5.11 Å². The smallest absolute Gasteiger partial charge is 0.121 e. The molecule has 19 heavy (non-hydrogen) atoms. The minimum atomic E-state index is -0.624. The first-order valence-corrected chi connectivity index (χ1v) is 6.94. The van der Waals surface area contributed by atoms with Gasteiger partial charge in [-0.05, 0) is 48.4 Å². The lowest BCUT2D eigenvalue weighted by molar-refractivity contribution is 0.215. The van der Waals surface area contributed by atoms with Crippen LogP contribution in [0, 0.1) is 6.92 Å². The molecule has 2 nitrogen and oxygen atoms in total. The lowest BCUT2D eigenvalue weighted by Gasteiger charge is -2.26. The largest absolute Gasteiger partial charge is 0.382 e. The Labute approximate surface area is 114 Å². The van der Waals surface area contributed by atoms with Gasteiger partial charge in [-0.15, -0.1) is 0 Å². The summed E-state index contributed by atoms with van der Waals surface area (Å²) in [5, 5.41) is 10.4. The van der Waals surface area contributed by atoms with Crippen LogP contribution < -0.4 is 0 Å². The Morgan fingerprint density at radius 2 is 2.05 bits per heavy atom. The zero-order valence-electron chi connectivity index (χ0n) is 11.2. The fraction of sp³-hybridized carbons (Fsp3) is 0.353. The van der Waals surface area contributed by atoms with Gasteiger partial charge in [0.15, 0.2) is 0 Å². The maximum Gasteiger partial charge on any atom is 0.121 e. The summed E-state index contributed by atoms with van der Waals surface area (Å²) in [6.07, 6.45) is 5.07. The molecule has 1 fully saturated rings. The fourth-order valence-corrected chi connectivity index (χ4v) is 2.54. The van der Waals surface area contributed by atoms with Gasteiger partial charge in [0.05, 0.1) is 5.69 Å². The number of aliphatic hydroxyl groups excluding tert-OH is 1. The minimum absolute atomic E-state index is 0.624. The van der Waals surface area contributed by atoms with E-state index in [4.69, 9.17) is 0 Å². The molecule has 1 unspecified atom stereocenters. The Kier molecular flexibility index (Phi) is 3.34. The fourth-order valence-electron chi connectivity index (χ4n) is 2.54. The van der Waals surface area contributed by atoms with Crippen LogP contribution in [0.2, 0.25) is 0 Å². The Bertz CT molecular complexity index is 558. The van der Waals surface area contributed by atoms with Gasteiger partial charge in [0.25, 0.3) is 0 Å². The number of hydrogen-bond donors (Lipinski definition) is 1. The maximum atomic E-state index is 10.4. The molecule has 0 saturated heterocycles. The third-order valence-corrected chi connectivity index (χ3v) is 4.02. The highest BCUT2D eigenvalue weighted by Gasteiger charge is 2.20. The second kappa shape index (κ2) is 5.14. The summed E-state index contributed by atoms with van der Waals surface area (Å²) >= 11 is 0. The number of nitrogens with zero attached hydrogens (tertiary/aromatic N) is 1. The molecule has 2 aromatic rings. The molecule has 98 valence electrons. The van der Waals surface area contributed by atoms with E-state index in [0.29, 0.717) is 5.92 Å². The zero-order chi connectivity index (χ0) is 13.2. The first kappa shape index (κ1) is 12.4. The predicted octanol–water partition coefficient (Wildman–Crippen LogP) is 3.74. The first-order chi connectivity index (χ1) is 9.24. The SMILES string of the molecule is Cc1ccc(C(O)c2cccc(C3CCC3)c2)nc1. The molecule has 0 bridgehead atoms. The molecule has 3 rings (SSSR count). The molecule has 1 heterocycles. The second-order valence-corrected chi connectivity index (χ2v) is 5.46. The summed E-state index contributed by atoms with van der Waals surface area (Å²) < 4.78 is 0. The van der Waals surface area contributed by atoms with Crippen molar-refractivity contribution in [2.24, 2.45) is 0 Å². The average Bonchev–Trinajstić information content (AvgIpc) is 2.37. The monoisotopic (exact) mass is 253 g/mol. The van der Waals surface area contributed by atoms with Gasteiger partial charge in [-0.3, -0.25) is 4.98 Å². The molecule has 1 aromatic carbocycles. The molecule has 1 atom stereocenters. The van der Waals surface area contributed by atoms with Crippen LogP contribution in [0.5, 0.6) is 0 Å². The van der Waals surface area contributed by atoms with Crippen molar-refractivity contribution in [2.45, 2.75) is 38.2 Å². The molecule has 1 saturated carbocycles. The summed E-state index contributed by atoms with van der Waals surface area (Å²) in [5.41, 5.74) is 4.13. The van der Waals surface area contributed by atoms with Crippen LogP contribution in [0.15, 0.2) is 42.6 Å². The van der Waals surface area contributed by atoms with E-state index in [1.54, 1.807) is 6.20 Å². The quantitative estimate of drug-likeness (QED) is 0.904. The highest BCUT2D eigenvalue weighted by molar-refractivity contribution is 5.32. The van der Waals surface area contributed by atoms with Gasteiger partial charge < -0.3 is 5.11 Å². The highest BCUT2D eigenvalue weighted by Crippen LogP contribution is 2.37. The normalized spacial score (nSPS) is 16.9. The van der Waals surface area contributed by atoms with E-state index in [2.05, 4.69) is 17.1 Å². The summed E-state index contributed by atoms with van der Waals surface area (Å²) in [6, 6.07) is 12.2. The van der Waals surface area contributed by atoms with Gasteiger partial charge in [0.2, 0.25) is 0 Å². The third kappa shape index (κ3) is 2.54. The Balaban J connectivity index is 1.86. The minimum Gasteiger partial charge on any atom is -0.382 e. The number of aromatic nitrogens is 1. The van der Waals surface area contributed by atoms with Crippen molar-refractivity contribution in [2.75, 3.05) is 0 Å². The molecule has 0 spiro atoms. The van der Waals surface area contributed by atoms with Crippen LogP contribution in [-0.2, 0) is 0 Å². The van der Waals surface area contributed by atoms with Crippen LogP contribution in [0.3, 0.4) is 0 Å². The van der Waals surface area contributed by atoms with Crippen molar-refractivity contribution in [3.8, 4) is 0 Å². The number of pyridine rings is 1. The molecule has 1 N–H and O–H groups in total. The first-order valence-electron chi connectivity index (χ1n) is 6.94. The van der Waals surface area contributed by atoms with Crippen LogP contribution in [0.4, 0.5) is 0 Å². The number of aryl methyl sites for hydroxylation is 1. The number of rotatable bonds is 3. The molecular formula is C17H19NO. The molecule has 1 aromatic heterocycles. The van der Waals surface area contributed by atoms with Crippen LogP contribution in [-0.4, -0.2) is 10.1 Å². The number of benzene rings is 1. The highest BCUT2D eigenvalue weighted by atomic mass is 16.3. The van der Waals surface area contributed by atoms with Gasteiger partial charge >= 0.3 is 0 Å². The second-order valence-electron chi connectivity index (χ2n) is 5.46. The summed E-state index contributed by atoms with van der Waals surface area (Å²) in [4.78, 5) is 4.31. The number of aliphatic hydroxyl groups is 1. The van der Waals surface area contributed by atoms with Crippen molar-refractivity contribution in [3.63, 3.8) is 0 Å². The Hall–Kier alpha value is -1.67. The van der Waals surface area contributed by atoms with Gasteiger partial charge in [-0.2, -0.15) is 0 Å². The Morgan fingerprint density at radius 3 is 2.68 bits per heavy atom. The van der Waals surface area contributed by atoms with Crippen molar-refractivity contribution >= 4 is 0 Å². The van der Waals surface area contributed by atoms with E-state index in [1.807, 2.05) is 31.2 Å². The standard InChI is InChI=1S/C17H19NO/c1-12-8-9-16(18-11-12)17(19)15-7-3-6-14(10-15)13-4-2-5-13/h3,6-11,13,17,19H,2,4-5H2,1H3. The van der Waals surface area contributed by atoms with E-state index in [1.165, 1.54) is 24.8 Å². The average molecular weight is 253 g/mol. The Morgan fingerprint density at radius 1 is 1.21 bits per heavy atom. The van der Waals surface area contributed by atoms with E-state index >= 15 is 0 Å². The van der Waals surface area contributed by atoms with Gasteiger partial charge in [0.1, 0.15) is 6.10 Å². The molecule has 0 aliphatic heterocycles. The van der Waals surface area contributed by atoms with Gasteiger partial charge in [0, 0.05) is 6.20 Å². The van der Waals surface area contributed by atoms with E-state index in [0.717, 1.165) is 16.8 Å². The van der Waals surface area contributed by atoms with Crippen LogP contribution >= 0.6 is 0 Å². The molecule has 2 heteroatoms. The molecular weight excluding hydrogens is 234 g/mol. The van der Waals surface area contributed by atoms with E-state index < -0.39 is 6.10 Å². The van der Waals surface area contributed by atoms with Crippen molar-refractivity contribution in [1.82, 2.24) is 4.98 Å². The number of hydrogen-bond acceptors (Lipinski definition) is 2. The molecule has 1 aliphatic carbocycles. The predicted molar refractivity (Wildman–Crippen MR) is 76.1 cm³/mol. The zero-order valence-corrected chi connectivity index (χ0v) is 11.2. The van der Waals surface area contributed by atoms with Gasteiger partial charge in [-0.1, -0.05) is 36.8 Å². The lowest BCUT2D eigenvalue weighted by Crippen LogP contribution is -2.10. The third-order valence-electron chi connectivity index (χ3n) is 4.02. The summed E-state index contributed by atoms with van der Waals surface area (Å²) in [7, 11) is 0. The maximum absolute atomic E-state index is 10.4. The molecule has 0 radical (unpaired) electrons. The van der Waals surface area contributed by atoms with Crippen molar-refractivity contribution in [3.05, 3.63) is 65.0 Å². The van der Waals surface area contributed by atoms with Crippen molar-refractivity contribution in [1.29, 1.82) is 0 Å². The van der Waals surface area contributed by atoms with Crippen LogP contribution in [0.25, 0.3) is 0 Å². The summed E-state index contributed by atoms with van der Waals surface area (Å²) in [6.45, 7) is 2.00. The van der Waals surface area contributed by atoms with E-state index in [9.17, 15) is 5.11 Å². The van der Waals surface area contributed by atoms with Gasteiger partial charge in [-0.25, -0.2) is 0 Å². The molecule has 0 amide bonds. The van der Waals surface area contributed by atoms with E-state index in [-0.39, 0.29) is 0 Å². The summed E-state index contributed by atoms with van der Waals surface area (Å²) in [5.74, 6) is 0.693. The van der Waals surface area contributed by atoms with Crippen LogP contribution in [0.1, 0.15) is 53.7 Å².